The van der Waals surface area contributed by atoms with E-state index in [1.807, 2.05) is 62.3 Å². The highest BCUT2D eigenvalue weighted by Gasteiger charge is 2.16. The van der Waals surface area contributed by atoms with E-state index in [0.717, 1.165) is 29.1 Å². The van der Waals surface area contributed by atoms with Crippen LogP contribution in [0, 0.1) is 0 Å². The minimum absolute atomic E-state index is 0.107. The summed E-state index contributed by atoms with van der Waals surface area (Å²) in [5.41, 5.74) is 4.09. The van der Waals surface area contributed by atoms with E-state index in [1.165, 1.54) is 0 Å². The summed E-state index contributed by atoms with van der Waals surface area (Å²) in [5.74, 6) is -0.107. The van der Waals surface area contributed by atoms with Gasteiger partial charge in [-0.1, -0.05) is 37.3 Å². The van der Waals surface area contributed by atoms with Crippen LogP contribution in [-0.2, 0) is 6.42 Å². The predicted octanol–water partition coefficient (Wildman–Crippen LogP) is 2.25. The average molecular weight is 337 g/mol. The average Bonchev–Trinajstić information content (AvgIpc) is 3.05. The van der Waals surface area contributed by atoms with E-state index in [9.17, 15) is 4.79 Å². The molecule has 3 rings (SSSR count). The number of amides is 1. The standard InChI is InChI=1S/C19H23N5O/c1-4-17-15(19(25)20-10-11-23(2)3)13-21-18-12-16(22-24(17)18)14-8-6-5-7-9-14/h5-9,12-13H,4,10-11H2,1-3H3,(H,20,25). The van der Waals surface area contributed by atoms with Gasteiger partial charge in [0.25, 0.3) is 5.91 Å². The van der Waals surface area contributed by atoms with Crippen molar-refractivity contribution in [1.82, 2.24) is 24.8 Å². The third-order valence-electron chi connectivity index (χ3n) is 4.08. The van der Waals surface area contributed by atoms with Gasteiger partial charge in [0.15, 0.2) is 5.65 Å². The lowest BCUT2D eigenvalue weighted by molar-refractivity contribution is 0.0949. The fourth-order valence-electron chi connectivity index (χ4n) is 2.75. The molecular formula is C19H23N5O. The molecule has 0 bridgehead atoms. The van der Waals surface area contributed by atoms with Crippen molar-refractivity contribution in [3.63, 3.8) is 0 Å². The minimum atomic E-state index is -0.107. The number of aryl methyl sites for hydroxylation is 1. The molecule has 0 spiro atoms. The molecule has 25 heavy (non-hydrogen) atoms. The van der Waals surface area contributed by atoms with E-state index in [-0.39, 0.29) is 5.91 Å². The van der Waals surface area contributed by atoms with E-state index in [1.54, 1.807) is 10.7 Å². The molecule has 0 saturated heterocycles. The van der Waals surface area contributed by atoms with Crippen LogP contribution < -0.4 is 5.32 Å². The zero-order valence-electron chi connectivity index (χ0n) is 14.9. The molecule has 0 radical (unpaired) electrons. The molecule has 0 aliphatic heterocycles. The normalized spacial score (nSPS) is 11.2. The number of benzene rings is 1. The number of carbonyl (C=O) groups is 1. The highest BCUT2D eigenvalue weighted by molar-refractivity contribution is 5.95. The smallest absolute Gasteiger partial charge is 0.254 e. The summed E-state index contributed by atoms with van der Waals surface area (Å²) in [6.07, 6.45) is 2.35. The SMILES string of the molecule is CCc1c(C(=O)NCCN(C)C)cnc2cc(-c3ccccc3)nn12. The van der Waals surface area contributed by atoms with Crippen molar-refractivity contribution < 1.29 is 4.79 Å². The first kappa shape index (κ1) is 17.1. The highest BCUT2D eigenvalue weighted by Crippen LogP contribution is 2.20. The molecule has 6 heteroatoms. The number of nitrogens with one attached hydrogen (secondary N) is 1. The lowest BCUT2D eigenvalue weighted by Gasteiger charge is -2.12. The van der Waals surface area contributed by atoms with Crippen molar-refractivity contribution in [2.75, 3.05) is 27.2 Å². The van der Waals surface area contributed by atoms with E-state index in [2.05, 4.69) is 15.4 Å². The Kier molecular flexibility index (Phi) is 5.09. The van der Waals surface area contributed by atoms with Gasteiger partial charge in [-0.25, -0.2) is 9.50 Å². The van der Waals surface area contributed by atoms with Crippen molar-refractivity contribution in [3.8, 4) is 11.3 Å². The van der Waals surface area contributed by atoms with Crippen LogP contribution in [0.5, 0.6) is 0 Å². The molecule has 6 nitrogen and oxygen atoms in total. The summed E-state index contributed by atoms with van der Waals surface area (Å²) >= 11 is 0. The number of hydrogen-bond acceptors (Lipinski definition) is 4. The van der Waals surface area contributed by atoms with E-state index in [4.69, 9.17) is 0 Å². The maximum atomic E-state index is 12.5. The van der Waals surface area contributed by atoms with Crippen LogP contribution >= 0.6 is 0 Å². The predicted molar refractivity (Wildman–Crippen MR) is 98.7 cm³/mol. The Hall–Kier alpha value is -2.73. The van der Waals surface area contributed by atoms with Gasteiger partial charge >= 0.3 is 0 Å². The lowest BCUT2D eigenvalue weighted by atomic mass is 10.1. The molecule has 2 aromatic heterocycles. The van der Waals surface area contributed by atoms with Crippen molar-refractivity contribution in [1.29, 1.82) is 0 Å². The van der Waals surface area contributed by atoms with Crippen LogP contribution in [-0.4, -0.2) is 52.6 Å². The second kappa shape index (κ2) is 7.44. The van der Waals surface area contributed by atoms with Gasteiger partial charge in [0, 0.05) is 30.9 Å². The lowest BCUT2D eigenvalue weighted by Crippen LogP contribution is -2.32. The number of hydrogen-bond donors (Lipinski definition) is 1. The molecule has 1 amide bonds. The molecule has 1 N–H and O–H groups in total. The number of rotatable bonds is 6. The van der Waals surface area contributed by atoms with Gasteiger partial charge in [-0.15, -0.1) is 0 Å². The molecule has 0 aliphatic carbocycles. The third kappa shape index (κ3) is 3.69. The zero-order chi connectivity index (χ0) is 17.8. The van der Waals surface area contributed by atoms with Gasteiger partial charge in [-0.3, -0.25) is 4.79 Å². The van der Waals surface area contributed by atoms with Gasteiger partial charge in [0.1, 0.15) is 0 Å². The molecular weight excluding hydrogens is 314 g/mol. The summed E-state index contributed by atoms with van der Waals surface area (Å²) in [6.45, 7) is 3.42. The van der Waals surface area contributed by atoms with Crippen LogP contribution in [0.15, 0.2) is 42.6 Å². The molecule has 130 valence electrons. The van der Waals surface area contributed by atoms with Crippen molar-refractivity contribution in [3.05, 3.63) is 53.9 Å². The third-order valence-corrected chi connectivity index (χ3v) is 4.08. The molecule has 3 aromatic rings. The summed E-state index contributed by atoms with van der Waals surface area (Å²) < 4.78 is 1.78. The van der Waals surface area contributed by atoms with Crippen molar-refractivity contribution >= 4 is 11.6 Å². The Labute approximate surface area is 147 Å². The Morgan fingerprint density at radius 2 is 2.00 bits per heavy atom. The number of aromatic nitrogens is 3. The number of carbonyl (C=O) groups excluding carboxylic acids is 1. The fraction of sp³-hybridized carbons (Fsp3) is 0.316. The largest absolute Gasteiger partial charge is 0.351 e. The number of fused-ring (bicyclic) bond motifs is 1. The van der Waals surface area contributed by atoms with Crippen LogP contribution in [0.2, 0.25) is 0 Å². The Bertz CT molecular complexity index is 870. The van der Waals surface area contributed by atoms with E-state index >= 15 is 0 Å². The molecule has 0 fully saturated rings. The number of likely N-dealkylation sites (N-methyl/N-ethyl adjacent to an activating group) is 1. The second-order valence-corrected chi connectivity index (χ2v) is 6.20. The quantitative estimate of drug-likeness (QED) is 0.749. The van der Waals surface area contributed by atoms with Crippen LogP contribution in [0.1, 0.15) is 23.0 Å². The molecule has 2 heterocycles. The maximum Gasteiger partial charge on any atom is 0.254 e. The first-order valence-corrected chi connectivity index (χ1v) is 8.46. The highest BCUT2D eigenvalue weighted by atomic mass is 16.1. The van der Waals surface area contributed by atoms with Gasteiger partial charge < -0.3 is 10.2 Å². The van der Waals surface area contributed by atoms with Crippen LogP contribution in [0.3, 0.4) is 0 Å². The maximum absolute atomic E-state index is 12.5. The second-order valence-electron chi connectivity index (χ2n) is 6.20. The Morgan fingerprint density at radius 1 is 1.24 bits per heavy atom. The van der Waals surface area contributed by atoms with Crippen molar-refractivity contribution in [2.45, 2.75) is 13.3 Å². The Morgan fingerprint density at radius 3 is 2.68 bits per heavy atom. The van der Waals surface area contributed by atoms with Gasteiger partial charge in [0.05, 0.1) is 17.0 Å². The molecule has 0 aliphatic rings. The molecule has 0 atom stereocenters. The topological polar surface area (TPSA) is 62.5 Å². The van der Waals surface area contributed by atoms with E-state index in [0.29, 0.717) is 18.5 Å². The van der Waals surface area contributed by atoms with Gasteiger partial charge in [-0.2, -0.15) is 5.10 Å². The van der Waals surface area contributed by atoms with Crippen molar-refractivity contribution in [2.24, 2.45) is 0 Å². The van der Waals surface area contributed by atoms with Gasteiger partial charge in [0.2, 0.25) is 0 Å². The molecule has 0 saturated carbocycles. The van der Waals surface area contributed by atoms with Crippen LogP contribution in [0.4, 0.5) is 0 Å². The Balaban J connectivity index is 1.94. The van der Waals surface area contributed by atoms with Crippen LogP contribution in [0.25, 0.3) is 16.9 Å². The molecule has 1 aromatic carbocycles. The summed E-state index contributed by atoms with van der Waals surface area (Å²) in [7, 11) is 3.96. The first-order chi connectivity index (χ1) is 12.1. The monoisotopic (exact) mass is 337 g/mol. The van der Waals surface area contributed by atoms with Gasteiger partial charge in [-0.05, 0) is 20.5 Å². The fourth-order valence-corrected chi connectivity index (χ4v) is 2.75. The first-order valence-electron chi connectivity index (χ1n) is 8.46. The van der Waals surface area contributed by atoms with E-state index < -0.39 is 0 Å². The minimum Gasteiger partial charge on any atom is -0.351 e. The zero-order valence-corrected chi connectivity index (χ0v) is 14.9. The summed E-state index contributed by atoms with van der Waals surface area (Å²) in [4.78, 5) is 19.0. The molecule has 0 unspecified atom stereocenters. The number of nitrogens with zero attached hydrogens (tertiary/aromatic N) is 4. The summed E-state index contributed by atoms with van der Waals surface area (Å²) in [6, 6.07) is 11.9. The summed E-state index contributed by atoms with van der Waals surface area (Å²) in [5, 5.41) is 7.62.